The molecule has 1 aromatic heterocycles. The number of aryl methyl sites for hydroxylation is 1. The molecule has 122 valence electrons. The van der Waals surface area contributed by atoms with Gasteiger partial charge in [0.1, 0.15) is 5.82 Å². The predicted octanol–water partition coefficient (Wildman–Crippen LogP) is 2.90. The Labute approximate surface area is 132 Å². The number of nitrogens with one attached hydrogen (secondary N) is 1. The SMILES string of the molecule is CCCCCc1nc(SCCC[Si](OC)(OC)OC)n[nH]1. The molecular formula is C13H27N3O3SSi. The zero-order valence-corrected chi connectivity index (χ0v) is 15.3. The van der Waals surface area contributed by atoms with Crippen LogP contribution in [0.25, 0.3) is 0 Å². The Morgan fingerprint density at radius 2 is 1.81 bits per heavy atom. The lowest BCUT2D eigenvalue weighted by Gasteiger charge is -2.23. The fraction of sp³-hybridized carbons (Fsp3) is 0.846. The fourth-order valence-electron chi connectivity index (χ4n) is 2.00. The van der Waals surface area contributed by atoms with Gasteiger partial charge in [-0.2, -0.15) is 0 Å². The van der Waals surface area contributed by atoms with Crippen molar-refractivity contribution in [3.8, 4) is 0 Å². The predicted molar refractivity (Wildman–Crippen MR) is 86.5 cm³/mol. The van der Waals surface area contributed by atoms with Crippen LogP contribution < -0.4 is 0 Å². The maximum Gasteiger partial charge on any atom is 0.500 e. The van der Waals surface area contributed by atoms with Crippen molar-refractivity contribution in [2.75, 3.05) is 27.1 Å². The van der Waals surface area contributed by atoms with Crippen LogP contribution in [0.4, 0.5) is 0 Å². The molecule has 0 bridgehead atoms. The first-order valence-corrected chi connectivity index (χ1v) is 10.3. The van der Waals surface area contributed by atoms with E-state index in [-0.39, 0.29) is 0 Å². The molecule has 1 N–H and O–H groups in total. The van der Waals surface area contributed by atoms with E-state index in [0.717, 1.165) is 35.6 Å². The molecule has 0 saturated heterocycles. The number of hydrogen-bond acceptors (Lipinski definition) is 6. The van der Waals surface area contributed by atoms with E-state index in [4.69, 9.17) is 13.3 Å². The number of aromatic nitrogens is 3. The monoisotopic (exact) mass is 333 g/mol. The minimum absolute atomic E-state index is 0.803. The van der Waals surface area contributed by atoms with E-state index in [2.05, 4.69) is 22.1 Å². The average Bonchev–Trinajstić information content (AvgIpc) is 2.96. The minimum Gasteiger partial charge on any atom is -0.377 e. The van der Waals surface area contributed by atoms with Crippen molar-refractivity contribution in [2.24, 2.45) is 0 Å². The second-order valence-electron chi connectivity index (χ2n) is 4.77. The molecule has 0 atom stereocenters. The molecule has 1 aromatic rings. The van der Waals surface area contributed by atoms with Crippen LogP contribution in [0.2, 0.25) is 6.04 Å². The third-order valence-electron chi connectivity index (χ3n) is 3.32. The zero-order chi connectivity index (χ0) is 15.6. The summed E-state index contributed by atoms with van der Waals surface area (Å²) in [4.78, 5) is 4.49. The van der Waals surface area contributed by atoms with Crippen molar-refractivity contribution in [1.82, 2.24) is 15.2 Å². The maximum absolute atomic E-state index is 5.40. The van der Waals surface area contributed by atoms with Gasteiger partial charge in [0.25, 0.3) is 0 Å². The first kappa shape index (κ1) is 18.6. The van der Waals surface area contributed by atoms with Gasteiger partial charge in [0.05, 0.1) is 0 Å². The summed E-state index contributed by atoms with van der Waals surface area (Å²) >= 11 is 1.65. The Hall–Kier alpha value is -0.413. The Morgan fingerprint density at radius 1 is 1.10 bits per heavy atom. The highest BCUT2D eigenvalue weighted by Gasteiger charge is 2.36. The van der Waals surface area contributed by atoms with Crippen LogP contribution in [0.15, 0.2) is 5.16 Å². The Morgan fingerprint density at radius 3 is 2.43 bits per heavy atom. The van der Waals surface area contributed by atoms with E-state index in [1.807, 2.05) is 0 Å². The van der Waals surface area contributed by atoms with Gasteiger partial charge in [0.15, 0.2) is 0 Å². The molecule has 8 heteroatoms. The topological polar surface area (TPSA) is 69.3 Å². The van der Waals surface area contributed by atoms with Crippen LogP contribution in [-0.2, 0) is 19.7 Å². The molecule has 0 aromatic carbocycles. The molecule has 0 aliphatic heterocycles. The van der Waals surface area contributed by atoms with E-state index in [0.29, 0.717) is 0 Å². The Bertz CT molecular complexity index is 380. The summed E-state index contributed by atoms with van der Waals surface area (Å²) < 4.78 is 16.2. The van der Waals surface area contributed by atoms with Crippen molar-refractivity contribution in [3.63, 3.8) is 0 Å². The molecule has 0 radical (unpaired) electrons. The number of H-pyrrole nitrogens is 1. The van der Waals surface area contributed by atoms with E-state index in [1.165, 1.54) is 19.3 Å². The molecule has 0 saturated carbocycles. The lowest BCUT2D eigenvalue weighted by Crippen LogP contribution is -2.42. The second-order valence-corrected chi connectivity index (χ2v) is 8.92. The van der Waals surface area contributed by atoms with Gasteiger partial charge < -0.3 is 13.3 Å². The zero-order valence-electron chi connectivity index (χ0n) is 13.5. The normalized spacial score (nSPS) is 12.0. The van der Waals surface area contributed by atoms with E-state index in [9.17, 15) is 0 Å². The fourth-order valence-corrected chi connectivity index (χ4v) is 4.74. The number of unbranched alkanes of at least 4 members (excludes halogenated alkanes) is 2. The van der Waals surface area contributed by atoms with Crippen molar-refractivity contribution < 1.29 is 13.3 Å². The lowest BCUT2D eigenvalue weighted by atomic mass is 10.2. The minimum atomic E-state index is -2.43. The van der Waals surface area contributed by atoms with E-state index < -0.39 is 8.80 Å². The van der Waals surface area contributed by atoms with Crippen LogP contribution in [0, 0.1) is 0 Å². The van der Waals surface area contributed by atoms with Gasteiger partial charge in [-0.1, -0.05) is 31.5 Å². The summed E-state index contributed by atoms with van der Waals surface area (Å²) in [5, 5.41) is 8.06. The summed E-state index contributed by atoms with van der Waals surface area (Å²) in [7, 11) is 2.50. The summed E-state index contributed by atoms with van der Waals surface area (Å²) in [6.45, 7) is 2.20. The standard InChI is InChI=1S/C13H27N3O3SSi/c1-5-6-7-9-12-14-13(16-15-12)20-10-8-11-21(17-2,18-3)19-4/h5-11H2,1-4H3,(H,14,15,16). The van der Waals surface area contributed by atoms with Crippen LogP contribution in [0.1, 0.15) is 38.4 Å². The first-order valence-electron chi connectivity index (χ1n) is 7.39. The number of aromatic amines is 1. The van der Waals surface area contributed by atoms with E-state index >= 15 is 0 Å². The maximum atomic E-state index is 5.40. The Kier molecular flexibility index (Phi) is 9.17. The van der Waals surface area contributed by atoms with Crippen molar-refractivity contribution in [2.45, 2.75) is 50.2 Å². The Balaban J connectivity index is 2.26. The number of hydrogen-bond donors (Lipinski definition) is 1. The summed E-state index contributed by atoms with van der Waals surface area (Å²) in [5.74, 6) is 1.91. The highest BCUT2D eigenvalue weighted by molar-refractivity contribution is 7.99. The third-order valence-corrected chi connectivity index (χ3v) is 7.09. The van der Waals surface area contributed by atoms with Gasteiger partial charge in [0, 0.05) is 39.5 Å². The number of thioether (sulfide) groups is 1. The molecule has 1 heterocycles. The number of nitrogens with zero attached hydrogens (tertiary/aromatic N) is 2. The second kappa shape index (κ2) is 10.3. The smallest absolute Gasteiger partial charge is 0.377 e. The van der Waals surface area contributed by atoms with Gasteiger partial charge in [-0.3, -0.25) is 5.10 Å². The van der Waals surface area contributed by atoms with Crippen LogP contribution in [0.3, 0.4) is 0 Å². The highest BCUT2D eigenvalue weighted by Crippen LogP contribution is 2.20. The lowest BCUT2D eigenvalue weighted by molar-refractivity contribution is 0.123. The quantitative estimate of drug-likeness (QED) is 0.360. The largest absolute Gasteiger partial charge is 0.500 e. The van der Waals surface area contributed by atoms with Gasteiger partial charge in [-0.15, -0.1) is 5.10 Å². The summed E-state index contributed by atoms with van der Waals surface area (Å²) in [6, 6.07) is 0.803. The number of rotatable bonds is 12. The molecule has 0 aliphatic carbocycles. The van der Waals surface area contributed by atoms with Crippen LogP contribution in [0.5, 0.6) is 0 Å². The molecule has 0 fully saturated rings. The summed E-state index contributed by atoms with van der Waals surface area (Å²) in [5.41, 5.74) is 0. The first-order chi connectivity index (χ1) is 10.2. The van der Waals surface area contributed by atoms with Gasteiger partial charge in [-0.05, 0) is 12.8 Å². The van der Waals surface area contributed by atoms with Crippen LogP contribution in [-0.4, -0.2) is 51.1 Å². The molecular weight excluding hydrogens is 306 g/mol. The molecule has 1 rings (SSSR count). The van der Waals surface area contributed by atoms with Crippen molar-refractivity contribution in [1.29, 1.82) is 0 Å². The molecule has 6 nitrogen and oxygen atoms in total. The van der Waals surface area contributed by atoms with Crippen molar-refractivity contribution in [3.05, 3.63) is 5.82 Å². The molecule has 21 heavy (non-hydrogen) atoms. The molecule has 0 aliphatic rings. The molecule has 0 spiro atoms. The van der Waals surface area contributed by atoms with Gasteiger partial charge in [-0.25, -0.2) is 4.98 Å². The highest BCUT2D eigenvalue weighted by atomic mass is 32.2. The average molecular weight is 334 g/mol. The third kappa shape index (κ3) is 6.48. The van der Waals surface area contributed by atoms with Crippen LogP contribution >= 0.6 is 11.8 Å². The summed E-state index contributed by atoms with van der Waals surface area (Å²) in [6.07, 6.45) is 5.56. The molecule has 0 unspecified atom stereocenters. The van der Waals surface area contributed by atoms with Gasteiger partial charge >= 0.3 is 8.80 Å². The van der Waals surface area contributed by atoms with E-state index in [1.54, 1.807) is 33.1 Å². The molecule has 0 amide bonds. The van der Waals surface area contributed by atoms with Crippen molar-refractivity contribution >= 4 is 20.6 Å². The van der Waals surface area contributed by atoms with Gasteiger partial charge in [0.2, 0.25) is 5.16 Å².